The predicted octanol–water partition coefficient (Wildman–Crippen LogP) is 2.81. The van der Waals surface area contributed by atoms with Crippen LogP contribution in [0.5, 0.6) is 0 Å². The summed E-state index contributed by atoms with van der Waals surface area (Å²) >= 11 is 0. The van der Waals surface area contributed by atoms with E-state index < -0.39 is 0 Å². The van der Waals surface area contributed by atoms with Crippen LogP contribution in [0.25, 0.3) is 10.9 Å². The molecule has 1 aromatic carbocycles. The average Bonchev–Trinajstić information content (AvgIpc) is 2.63. The van der Waals surface area contributed by atoms with Gasteiger partial charge in [0.25, 0.3) is 0 Å². The van der Waals surface area contributed by atoms with Crippen molar-refractivity contribution in [2.75, 3.05) is 18.4 Å². The molecule has 1 saturated carbocycles. The summed E-state index contributed by atoms with van der Waals surface area (Å²) in [6, 6.07) is 8.96. The number of likely N-dealkylation sites (tertiary alicyclic amines) is 1. The van der Waals surface area contributed by atoms with E-state index in [2.05, 4.69) is 26.3 Å². The molecule has 4 rings (SSSR count). The van der Waals surface area contributed by atoms with E-state index in [9.17, 15) is 5.11 Å². The minimum Gasteiger partial charge on any atom is -0.391 e. The first-order valence-corrected chi connectivity index (χ1v) is 9.19. The Kier molecular flexibility index (Phi) is 4.63. The molecule has 2 unspecified atom stereocenters. The third-order valence-electron chi connectivity index (χ3n) is 5.58. The monoisotopic (exact) mass is 326 g/mol. The summed E-state index contributed by atoms with van der Waals surface area (Å²) in [6.45, 7) is 2.12. The number of anilines is 1. The zero-order valence-corrected chi connectivity index (χ0v) is 14.1. The van der Waals surface area contributed by atoms with E-state index in [1.165, 1.54) is 12.8 Å². The predicted molar refractivity (Wildman–Crippen MR) is 96.0 cm³/mol. The highest BCUT2D eigenvalue weighted by Gasteiger charge is 2.31. The molecule has 2 heterocycles. The van der Waals surface area contributed by atoms with Crippen molar-refractivity contribution in [1.82, 2.24) is 14.9 Å². The number of nitrogens with zero attached hydrogens (tertiary/aromatic N) is 3. The van der Waals surface area contributed by atoms with Gasteiger partial charge in [-0.3, -0.25) is 4.90 Å². The first kappa shape index (κ1) is 15.8. The molecule has 2 fully saturated rings. The lowest BCUT2D eigenvalue weighted by atomic mass is 9.89. The molecule has 1 aromatic heterocycles. The molecular formula is C19H26N4O. The maximum Gasteiger partial charge on any atom is 0.137 e. The van der Waals surface area contributed by atoms with E-state index in [0.717, 1.165) is 55.5 Å². The molecule has 0 bridgehead atoms. The van der Waals surface area contributed by atoms with Gasteiger partial charge in [0.05, 0.1) is 11.6 Å². The molecule has 1 aliphatic heterocycles. The summed E-state index contributed by atoms with van der Waals surface area (Å²) in [5.74, 6) is 0.941. The van der Waals surface area contributed by atoms with Crippen molar-refractivity contribution in [2.24, 2.45) is 0 Å². The average molecular weight is 326 g/mol. The lowest BCUT2D eigenvalue weighted by molar-refractivity contribution is 0.00993. The second kappa shape index (κ2) is 7.03. The van der Waals surface area contributed by atoms with Gasteiger partial charge in [-0.05, 0) is 37.8 Å². The van der Waals surface area contributed by atoms with Gasteiger partial charge in [0.1, 0.15) is 12.1 Å². The second-order valence-electron chi connectivity index (χ2n) is 7.11. The lowest BCUT2D eigenvalue weighted by Gasteiger charge is -2.41. The van der Waals surface area contributed by atoms with E-state index in [4.69, 9.17) is 0 Å². The van der Waals surface area contributed by atoms with Gasteiger partial charge in [-0.1, -0.05) is 25.0 Å². The maximum absolute atomic E-state index is 10.3. The Morgan fingerprint density at radius 3 is 2.62 bits per heavy atom. The van der Waals surface area contributed by atoms with Crippen molar-refractivity contribution in [2.45, 2.75) is 56.7 Å². The van der Waals surface area contributed by atoms with Crippen LogP contribution in [0.15, 0.2) is 30.6 Å². The zero-order valence-electron chi connectivity index (χ0n) is 14.1. The summed E-state index contributed by atoms with van der Waals surface area (Å²) in [7, 11) is 0. The Balaban J connectivity index is 1.39. The minimum absolute atomic E-state index is 0.130. The maximum atomic E-state index is 10.3. The number of aliphatic hydroxyl groups excluding tert-OH is 1. The quantitative estimate of drug-likeness (QED) is 0.908. The summed E-state index contributed by atoms with van der Waals surface area (Å²) in [5, 5.41) is 15.0. The lowest BCUT2D eigenvalue weighted by Crippen LogP contribution is -2.50. The molecule has 2 N–H and O–H groups in total. The molecule has 0 amide bonds. The molecule has 1 aliphatic carbocycles. The normalized spacial score (nSPS) is 26.5. The van der Waals surface area contributed by atoms with E-state index >= 15 is 0 Å². The van der Waals surface area contributed by atoms with Gasteiger partial charge >= 0.3 is 0 Å². The largest absolute Gasteiger partial charge is 0.391 e. The molecule has 128 valence electrons. The number of para-hydroxylation sites is 1. The summed E-state index contributed by atoms with van der Waals surface area (Å²) in [5.41, 5.74) is 0.984. The number of fused-ring (bicyclic) bond motifs is 1. The summed E-state index contributed by atoms with van der Waals surface area (Å²) < 4.78 is 0. The molecule has 2 aromatic rings. The van der Waals surface area contributed by atoms with Crippen LogP contribution in [0.1, 0.15) is 38.5 Å². The number of benzene rings is 1. The van der Waals surface area contributed by atoms with Crippen molar-refractivity contribution in [3.8, 4) is 0 Å². The molecule has 2 aliphatic rings. The fraction of sp³-hybridized carbons (Fsp3) is 0.579. The number of aromatic nitrogens is 2. The third kappa shape index (κ3) is 3.23. The first-order chi connectivity index (χ1) is 11.8. The second-order valence-corrected chi connectivity index (χ2v) is 7.11. The fourth-order valence-corrected chi connectivity index (χ4v) is 4.21. The molecular weight excluding hydrogens is 300 g/mol. The number of aliphatic hydroxyl groups is 1. The van der Waals surface area contributed by atoms with Crippen molar-refractivity contribution >= 4 is 16.7 Å². The Labute approximate surface area is 143 Å². The van der Waals surface area contributed by atoms with E-state index in [1.54, 1.807) is 6.33 Å². The third-order valence-corrected chi connectivity index (χ3v) is 5.58. The van der Waals surface area contributed by atoms with Gasteiger partial charge < -0.3 is 10.4 Å². The number of hydrogen-bond donors (Lipinski definition) is 2. The van der Waals surface area contributed by atoms with Gasteiger partial charge in [-0.25, -0.2) is 9.97 Å². The van der Waals surface area contributed by atoms with Gasteiger partial charge in [0, 0.05) is 30.6 Å². The Hall–Kier alpha value is -1.72. The van der Waals surface area contributed by atoms with Crippen molar-refractivity contribution in [1.29, 1.82) is 0 Å². The number of piperidine rings is 1. The van der Waals surface area contributed by atoms with Gasteiger partial charge in [0.2, 0.25) is 0 Å². The SMILES string of the molecule is OC1CCCCC1N1CCC(Nc2ncnc3ccccc23)CC1. The molecule has 5 heteroatoms. The van der Waals surface area contributed by atoms with Crippen LogP contribution < -0.4 is 5.32 Å². The zero-order chi connectivity index (χ0) is 16.4. The number of nitrogens with one attached hydrogen (secondary N) is 1. The van der Waals surface area contributed by atoms with Crippen LogP contribution in [0.3, 0.4) is 0 Å². The first-order valence-electron chi connectivity index (χ1n) is 9.19. The Morgan fingerprint density at radius 1 is 1.00 bits per heavy atom. The number of hydrogen-bond acceptors (Lipinski definition) is 5. The molecule has 2 atom stereocenters. The fourth-order valence-electron chi connectivity index (χ4n) is 4.21. The Bertz CT molecular complexity index is 679. The molecule has 0 radical (unpaired) electrons. The molecule has 1 saturated heterocycles. The van der Waals surface area contributed by atoms with Crippen LogP contribution in [0.2, 0.25) is 0 Å². The summed E-state index contributed by atoms with van der Waals surface area (Å²) in [4.78, 5) is 11.3. The molecule has 0 spiro atoms. The number of rotatable bonds is 3. The van der Waals surface area contributed by atoms with Crippen LogP contribution in [-0.2, 0) is 0 Å². The van der Waals surface area contributed by atoms with E-state index in [0.29, 0.717) is 12.1 Å². The molecule has 24 heavy (non-hydrogen) atoms. The topological polar surface area (TPSA) is 61.3 Å². The van der Waals surface area contributed by atoms with Gasteiger partial charge in [-0.15, -0.1) is 0 Å². The van der Waals surface area contributed by atoms with Gasteiger partial charge in [-0.2, -0.15) is 0 Å². The van der Waals surface area contributed by atoms with E-state index in [-0.39, 0.29) is 6.10 Å². The van der Waals surface area contributed by atoms with Crippen LogP contribution >= 0.6 is 0 Å². The summed E-state index contributed by atoms with van der Waals surface area (Å²) in [6.07, 6.45) is 8.25. The highest BCUT2D eigenvalue weighted by Crippen LogP contribution is 2.27. The molecule has 5 nitrogen and oxygen atoms in total. The van der Waals surface area contributed by atoms with Crippen LogP contribution in [-0.4, -0.2) is 51.3 Å². The van der Waals surface area contributed by atoms with Crippen molar-refractivity contribution in [3.63, 3.8) is 0 Å². The Morgan fingerprint density at radius 2 is 1.79 bits per heavy atom. The standard InChI is InChI=1S/C19H26N4O/c24-18-8-4-3-7-17(18)23-11-9-14(10-12-23)22-19-15-5-1-2-6-16(15)20-13-21-19/h1-2,5-6,13-14,17-18,24H,3-4,7-12H2,(H,20,21,22). The van der Waals surface area contributed by atoms with Gasteiger partial charge in [0.15, 0.2) is 0 Å². The van der Waals surface area contributed by atoms with Crippen molar-refractivity contribution in [3.05, 3.63) is 30.6 Å². The van der Waals surface area contributed by atoms with E-state index in [1.807, 2.05) is 18.2 Å². The smallest absolute Gasteiger partial charge is 0.137 e. The van der Waals surface area contributed by atoms with Crippen LogP contribution in [0, 0.1) is 0 Å². The highest BCUT2D eigenvalue weighted by molar-refractivity contribution is 5.88. The highest BCUT2D eigenvalue weighted by atomic mass is 16.3. The minimum atomic E-state index is -0.130. The van der Waals surface area contributed by atoms with Crippen molar-refractivity contribution < 1.29 is 5.11 Å². The van der Waals surface area contributed by atoms with Crippen LogP contribution in [0.4, 0.5) is 5.82 Å².